The maximum atomic E-state index is 5.82. The molecule has 16 heavy (non-hydrogen) atoms. The van der Waals surface area contributed by atoms with Gasteiger partial charge in [-0.3, -0.25) is 0 Å². The van der Waals surface area contributed by atoms with Gasteiger partial charge < -0.3 is 10.6 Å². The van der Waals surface area contributed by atoms with E-state index in [0.717, 1.165) is 16.8 Å². The summed E-state index contributed by atoms with van der Waals surface area (Å²) in [5.41, 5.74) is 5.82. The van der Waals surface area contributed by atoms with E-state index in [0.29, 0.717) is 18.6 Å². The van der Waals surface area contributed by atoms with Crippen LogP contribution in [-0.4, -0.2) is 28.6 Å². The first kappa shape index (κ1) is 11.8. The number of halogens is 1. The maximum absolute atomic E-state index is 5.82. The highest BCUT2D eigenvalue weighted by molar-refractivity contribution is 9.10. The van der Waals surface area contributed by atoms with Crippen molar-refractivity contribution in [2.75, 3.05) is 11.4 Å². The molecule has 2 rings (SSSR count). The third kappa shape index (κ3) is 2.35. The van der Waals surface area contributed by atoms with Gasteiger partial charge in [0, 0.05) is 31.0 Å². The Morgan fingerprint density at radius 1 is 1.44 bits per heavy atom. The van der Waals surface area contributed by atoms with Gasteiger partial charge in [0.15, 0.2) is 0 Å². The molecule has 88 valence electrons. The highest BCUT2D eigenvalue weighted by Crippen LogP contribution is 2.26. The van der Waals surface area contributed by atoms with Crippen molar-refractivity contribution < 1.29 is 0 Å². The second-order valence-corrected chi connectivity index (χ2v) is 5.19. The molecule has 1 saturated heterocycles. The van der Waals surface area contributed by atoms with Crippen LogP contribution in [0.15, 0.2) is 16.9 Å². The maximum Gasteiger partial charge on any atom is 0.225 e. The highest BCUT2D eigenvalue weighted by atomic mass is 79.9. The van der Waals surface area contributed by atoms with Crippen LogP contribution in [0.5, 0.6) is 0 Å². The average molecular weight is 285 g/mol. The van der Waals surface area contributed by atoms with E-state index in [4.69, 9.17) is 5.73 Å². The van der Waals surface area contributed by atoms with Gasteiger partial charge in [0.2, 0.25) is 5.95 Å². The van der Waals surface area contributed by atoms with Crippen molar-refractivity contribution >= 4 is 21.9 Å². The zero-order valence-electron chi connectivity index (χ0n) is 9.43. The number of nitrogens with two attached hydrogens (primary N) is 1. The van der Waals surface area contributed by atoms with Gasteiger partial charge in [-0.2, -0.15) is 0 Å². The summed E-state index contributed by atoms with van der Waals surface area (Å²) in [4.78, 5) is 11.0. The number of nitrogens with zero attached hydrogens (tertiary/aromatic N) is 3. The summed E-state index contributed by atoms with van der Waals surface area (Å²) in [5, 5.41) is 0. The number of piperidine rings is 1. The average Bonchev–Trinajstić information content (AvgIpc) is 2.30. The monoisotopic (exact) mass is 284 g/mol. The van der Waals surface area contributed by atoms with Gasteiger partial charge >= 0.3 is 0 Å². The molecule has 2 unspecified atom stereocenters. The molecule has 5 heteroatoms. The van der Waals surface area contributed by atoms with Gasteiger partial charge in [0.25, 0.3) is 0 Å². The predicted molar refractivity (Wildman–Crippen MR) is 68.4 cm³/mol. The molecule has 1 aromatic heterocycles. The number of hydrogen-bond acceptors (Lipinski definition) is 4. The minimum atomic E-state index is 0.380. The molecule has 4 nitrogen and oxygen atoms in total. The van der Waals surface area contributed by atoms with Crippen molar-refractivity contribution in [2.45, 2.75) is 38.3 Å². The first-order valence-electron chi connectivity index (χ1n) is 5.68. The molecule has 0 spiro atoms. The minimum absolute atomic E-state index is 0.380. The van der Waals surface area contributed by atoms with E-state index in [1.54, 1.807) is 12.4 Å². The van der Waals surface area contributed by atoms with E-state index in [9.17, 15) is 0 Å². The van der Waals surface area contributed by atoms with Crippen molar-refractivity contribution in [3.8, 4) is 0 Å². The summed E-state index contributed by atoms with van der Waals surface area (Å²) < 4.78 is 0.908. The summed E-state index contributed by atoms with van der Waals surface area (Å²) in [7, 11) is 0. The Bertz CT molecular complexity index is 340. The smallest absolute Gasteiger partial charge is 0.225 e. The summed E-state index contributed by atoms with van der Waals surface area (Å²) in [6.45, 7) is 2.89. The van der Waals surface area contributed by atoms with E-state index in [1.807, 2.05) is 0 Å². The molecule has 2 atom stereocenters. The number of rotatable bonds is 2. The van der Waals surface area contributed by atoms with Gasteiger partial charge in [-0.05, 0) is 42.1 Å². The van der Waals surface area contributed by atoms with Crippen LogP contribution in [0.2, 0.25) is 0 Å². The topological polar surface area (TPSA) is 55.0 Å². The Labute approximate surface area is 104 Å². The standard InChI is InChI=1S/C11H17BrN4/c1-8-3-2-4-10(5-13)16(8)11-14-6-9(12)7-15-11/h6-8,10H,2-5,13H2,1H3. The van der Waals surface area contributed by atoms with E-state index < -0.39 is 0 Å². The van der Waals surface area contributed by atoms with Crippen LogP contribution in [0.25, 0.3) is 0 Å². The van der Waals surface area contributed by atoms with Crippen molar-refractivity contribution in [1.82, 2.24) is 9.97 Å². The van der Waals surface area contributed by atoms with Crippen molar-refractivity contribution in [3.05, 3.63) is 16.9 Å². The Kier molecular flexibility index (Phi) is 3.76. The molecule has 2 N–H and O–H groups in total. The fourth-order valence-corrected chi connectivity index (χ4v) is 2.52. The van der Waals surface area contributed by atoms with Crippen LogP contribution in [-0.2, 0) is 0 Å². The second-order valence-electron chi connectivity index (χ2n) is 4.28. The van der Waals surface area contributed by atoms with Crippen molar-refractivity contribution in [1.29, 1.82) is 0 Å². The molecule has 2 heterocycles. The van der Waals surface area contributed by atoms with Crippen LogP contribution in [0.1, 0.15) is 26.2 Å². The normalized spacial score (nSPS) is 25.8. The summed E-state index contributed by atoms with van der Waals surface area (Å²) in [6.07, 6.45) is 7.15. The van der Waals surface area contributed by atoms with Gasteiger partial charge in [0.05, 0.1) is 4.47 Å². The Balaban J connectivity index is 2.24. The molecule has 0 aromatic carbocycles. The predicted octanol–water partition coefficient (Wildman–Crippen LogP) is 1.95. The fourth-order valence-electron chi connectivity index (χ4n) is 2.32. The first-order valence-corrected chi connectivity index (χ1v) is 6.47. The van der Waals surface area contributed by atoms with E-state index in [1.165, 1.54) is 12.8 Å². The molecule has 1 aliphatic heterocycles. The molecule has 0 aliphatic carbocycles. The lowest BCUT2D eigenvalue weighted by Crippen LogP contribution is -2.49. The van der Waals surface area contributed by atoms with Crippen LogP contribution >= 0.6 is 15.9 Å². The minimum Gasteiger partial charge on any atom is -0.334 e. The van der Waals surface area contributed by atoms with Crippen LogP contribution < -0.4 is 10.6 Å². The fraction of sp³-hybridized carbons (Fsp3) is 0.636. The summed E-state index contributed by atoms with van der Waals surface area (Å²) in [5.74, 6) is 0.797. The SMILES string of the molecule is CC1CCCC(CN)N1c1ncc(Br)cn1. The molecule has 1 fully saturated rings. The highest BCUT2D eigenvalue weighted by Gasteiger charge is 2.28. The van der Waals surface area contributed by atoms with Crippen LogP contribution in [0.3, 0.4) is 0 Å². The summed E-state index contributed by atoms with van der Waals surface area (Å²) in [6, 6.07) is 0.855. The number of aromatic nitrogens is 2. The Morgan fingerprint density at radius 3 is 2.75 bits per heavy atom. The molecule has 0 saturated carbocycles. The summed E-state index contributed by atoms with van der Waals surface area (Å²) >= 11 is 3.35. The molecule has 1 aliphatic rings. The van der Waals surface area contributed by atoms with Crippen molar-refractivity contribution in [3.63, 3.8) is 0 Å². The third-order valence-corrected chi connectivity index (χ3v) is 3.55. The molecular formula is C11H17BrN4. The lowest BCUT2D eigenvalue weighted by atomic mass is 9.97. The zero-order chi connectivity index (χ0) is 11.5. The van der Waals surface area contributed by atoms with Crippen LogP contribution in [0, 0.1) is 0 Å². The van der Waals surface area contributed by atoms with Gasteiger partial charge in [-0.1, -0.05) is 0 Å². The van der Waals surface area contributed by atoms with Gasteiger partial charge in [-0.25, -0.2) is 9.97 Å². The number of anilines is 1. The quantitative estimate of drug-likeness (QED) is 0.902. The molecule has 1 aromatic rings. The van der Waals surface area contributed by atoms with E-state index >= 15 is 0 Å². The largest absolute Gasteiger partial charge is 0.334 e. The zero-order valence-corrected chi connectivity index (χ0v) is 11.0. The molecule has 0 radical (unpaired) electrons. The van der Waals surface area contributed by atoms with Gasteiger partial charge in [0.1, 0.15) is 0 Å². The van der Waals surface area contributed by atoms with Crippen molar-refractivity contribution in [2.24, 2.45) is 5.73 Å². The molecular weight excluding hydrogens is 268 g/mol. The van der Waals surface area contributed by atoms with E-state index in [2.05, 4.69) is 37.7 Å². The second kappa shape index (κ2) is 5.10. The van der Waals surface area contributed by atoms with Gasteiger partial charge in [-0.15, -0.1) is 0 Å². The Hall–Kier alpha value is -0.680. The van der Waals surface area contributed by atoms with E-state index in [-0.39, 0.29) is 0 Å². The first-order chi connectivity index (χ1) is 7.72. The molecule has 0 amide bonds. The Morgan fingerprint density at radius 2 is 2.12 bits per heavy atom. The number of hydrogen-bond donors (Lipinski definition) is 1. The third-order valence-electron chi connectivity index (χ3n) is 3.14. The van der Waals surface area contributed by atoms with Crippen LogP contribution in [0.4, 0.5) is 5.95 Å². The molecule has 0 bridgehead atoms. The lowest BCUT2D eigenvalue weighted by molar-refractivity contribution is 0.394. The lowest BCUT2D eigenvalue weighted by Gasteiger charge is -2.40.